The molecule has 64 heavy (non-hydrogen) atoms. The van der Waals surface area contributed by atoms with E-state index in [2.05, 4.69) is 31.7 Å². The van der Waals surface area contributed by atoms with Crippen molar-refractivity contribution in [1.82, 2.24) is 4.90 Å². The maximum atomic E-state index is 14.5. The molecule has 2 N–H and O–H groups in total. The van der Waals surface area contributed by atoms with E-state index in [1.54, 1.807) is 36.3 Å². The van der Waals surface area contributed by atoms with E-state index >= 15 is 0 Å². The molecule has 5 rings (SSSR count). The highest BCUT2D eigenvalue weighted by Crippen LogP contribution is 2.62. The number of aliphatic hydroxyl groups excluding tert-OH is 2. The SMILES string of the molecule is C=CCO[C@@]12Oc3ccc(Oc4ccc(OC)c(C=O)c4)cc3[C@H]3[C@H](CCCCO)[C@@H](CCCCO)C=C(C(=NOC)C[C@@H]1N(CCC)C(=O)OCCCCCCCCCCCC)[C@H]32. The van der Waals surface area contributed by atoms with Crippen LogP contribution in [0.4, 0.5) is 4.79 Å². The van der Waals surface area contributed by atoms with E-state index in [-0.39, 0.29) is 37.6 Å². The zero-order chi connectivity index (χ0) is 45.7. The summed E-state index contributed by atoms with van der Waals surface area (Å²) in [5.41, 5.74) is 2.99. The number of carbonyl (C=O) groups is 2. The van der Waals surface area contributed by atoms with Gasteiger partial charge in [-0.15, -0.1) is 6.58 Å². The number of rotatable bonds is 30. The van der Waals surface area contributed by atoms with Gasteiger partial charge < -0.3 is 38.7 Å². The van der Waals surface area contributed by atoms with E-state index in [1.807, 2.05) is 18.2 Å². The number of benzene rings is 2. The van der Waals surface area contributed by atoms with Crippen LogP contribution in [0.25, 0.3) is 0 Å². The molecule has 12 nitrogen and oxygen atoms in total. The van der Waals surface area contributed by atoms with Crippen LogP contribution in [0.15, 0.2) is 65.9 Å². The van der Waals surface area contributed by atoms with Crippen molar-refractivity contribution < 1.29 is 48.3 Å². The Bertz CT molecular complexity index is 1830. The Kier molecular flexibility index (Phi) is 21.0. The number of hydrogen-bond acceptors (Lipinski definition) is 11. The zero-order valence-electron chi connectivity index (χ0n) is 39.1. The molecule has 1 amide bonds. The summed E-state index contributed by atoms with van der Waals surface area (Å²) in [5.74, 6) is 0.213. The van der Waals surface area contributed by atoms with Gasteiger partial charge in [0.1, 0.15) is 36.1 Å². The Morgan fingerprint density at radius 3 is 2.23 bits per heavy atom. The van der Waals surface area contributed by atoms with Crippen LogP contribution in [0, 0.1) is 17.8 Å². The number of amides is 1. The van der Waals surface area contributed by atoms with E-state index in [4.69, 9.17) is 28.5 Å². The lowest BCUT2D eigenvalue weighted by Gasteiger charge is -2.59. The van der Waals surface area contributed by atoms with E-state index in [9.17, 15) is 19.8 Å². The molecular weight excluding hydrogens is 813 g/mol. The van der Waals surface area contributed by atoms with Crippen LogP contribution in [0.5, 0.6) is 23.0 Å². The minimum absolute atomic E-state index is 0.0525. The second-order valence-electron chi connectivity index (χ2n) is 17.6. The third-order valence-corrected chi connectivity index (χ3v) is 13.2. The number of carbonyl (C=O) groups excluding carboxylic acids is 2. The lowest BCUT2D eigenvalue weighted by molar-refractivity contribution is -0.255. The molecule has 0 saturated heterocycles. The third kappa shape index (κ3) is 12.7. The monoisotopic (exact) mass is 889 g/mol. The molecule has 1 saturated carbocycles. The predicted molar refractivity (Wildman–Crippen MR) is 251 cm³/mol. The van der Waals surface area contributed by atoms with Crippen LogP contribution in [0.2, 0.25) is 0 Å². The molecule has 0 radical (unpaired) electrons. The van der Waals surface area contributed by atoms with Gasteiger partial charge in [0.25, 0.3) is 0 Å². The van der Waals surface area contributed by atoms with Crippen molar-refractivity contribution in [2.45, 2.75) is 147 Å². The van der Waals surface area contributed by atoms with Crippen LogP contribution in [-0.2, 0) is 14.3 Å². The quantitative estimate of drug-likeness (QED) is 0.0336. The second kappa shape index (κ2) is 26.5. The van der Waals surface area contributed by atoms with Gasteiger partial charge in [-0.25, -0.2) is 4.79 Å². The number of nitrogens with zero attached hydrogens (tertiary/aromatic N) is 2. The van der Waals surface area contributed by atoms with Crippen molar-refractivity contribution in [2.24, 2.45) is 22.9 Å². The zero-order valence-corrected chi connectivity index (χ0v) is 39.1. The van der Waals surface area contributed by atoms with Gasteiger partial charge >= 0.3 is 6.09 Å². The predicted octanol–water partition coefficient (Wildman–Crippen LogP) is 11.3. The third-order valence-electron chi connectivity index (χ3n) is 13.2. The first-order valence-corrected chi connectivity index (χ1v) is 24.2. The number of aliphatic hydroxyl groups is 2. The van der Waals surface area contributed by atoms with Crippen LogP contribution in [-0.4, -0.2) is 92.2 Å². The molecule has 3 aliphatic rings. The Hall–Kier alpha value is -4.39. The number of hydrogen-bond donors (Lipinski definition) is 2. The molecule has 0 bridgehead atoms. The summed E-state index contributed by atoms with van der Waals surface area (Å²) in [5, 5.41) is 24.5. The van der Waals surface area contributed by atoms with Gasteiger partial charge in [0.15, 0.2) is 6.29 Å². The number of methoxy groups -OCH3 is 1. The van der Waals surface area contributed by atoms with Crippen molar-refractivity contribution in [2.75, 3.05) is 47.2 Å². The van der Waals surface area contributed by atoms with E-state index in [0.29, 0.717) is 67.4 Å². The minimum atomic E-state index is -1.38. The maximum Gasteiger partial charge on any atom is 0.410 e. The molecule has 1 heterocycles. The molecule has 2 aliphatic carbocycles. The first-order chi connectivity index (χ1) is 31.3. The normalized spacial score (nSPS) is 22.7. The molecule has 6 atom stereocenters. The van der Waals surface area contributed by atoms with Crippen LogP contribution in [0.3, 0.4) is 0 Å². The van der Waals surface area contributed by atoms with E-state index < -0.39 is 23.8 Å². The number of unbranched alkanes of at least 4 members (excludes halogenated alkanes) is 11. The standard InChI is InChI=1S/C52H76N2O10/c1-6-9-10-11-12-13-14-15-16-21-32-61-51(58)54(28-7-2)48-36-45(53-60-5)43-34-38(22-17-19-29-55)42(23-18-20-30-56)49-44-35-41(63-40-24-26-46(59-4)39(33-40)37-57)25-27-47(44)64-52(48,50(43)49)62-31-8-3/h8,24-27,33-35,37-38,42,48-50,55-56H,3,6-7,9-23,28-32,36H2,1-2,4-5H3/t38-,42+,48-,49+,50+,52+/m0/s1. The number of fused-ring (bicyclic) bond motifs is 2. The molecule has 0 spiro atoms. The average Bonchev–Trinajstić information content (AvgIpc) is 3.30. The Morgan fingerprint density at radius 1 is 0.891 bits per heavy atom. The van der Waals surface area contributed by atoms with Crippen LogP contribution in [0.1, 0.15) is 151 Å². The lowest BCUT2D eigenvalue weighted by Crippen LogP contribution is -2.70. The molecule has 12 heteroatoms. The number of aldehydes is 1. The molecule has 2 aromatic carbocycles. The molecule has 1 aliphatic heterocycles. The second-order valence-corrected chi connectivity index (χ2v) is 17.6. The molecule has 2 aromatic rings. The fourth-order valence-electron chi connectivity index (χ4n) is 10.3. The summed E-state index contributed by atoms with van der Waals surface area (Å²) >= 11 is 0. The number of allylic oxidation sites excluding steroid dienone is 1. The van der Waals surface area contributed by atoms with Crippen LogP contribution >= 0.6 is 0 Å². The molecular formula is C52H76N2O10. The fourth-order valence-corrected chi connectivity index (χ4v) is 10.3. The van der Waals surface area contributed by atoms with Crippen molar-refractivity contribution in [3.8, 4) is 23.0 Å². The highest BCUT2D eigenvalue weighted by molar-refractivity contribution is 6.03. The van der Waals surface area contributed by atoms with Crippen molar-refractivity contribution in [3.05, 3.63) is 71.8 Å². The summed E-state index contributed by atoms with van der Waals surface area (Å²) < 4.78 is 32.3. The highest BCUT2D eigenvalue weighted by Gasteiger charge is 2.65. The summed E-state index contributed by atoms with van der Waals surface area (Å²) in [4.78, 5) is 33.8. The number of oxime groups is 1. The highest BCUT2D eigenvalue weighted by atomic mass is 16.7. The Labute approximate surface area is 382 Å². The molecule has 354 valence electrons. The summed E-state index contributed by atoms with van der Waals surface area (Å²) in [6, 6.07) is 10.3. The smallest absolute Gasteiger partial charge is 0.410 e. The minimum Gasteiger partial charge on any atom is -0.496 e. The number of ether oxygens (including phenoxy) is 5. The largest absolute Gasteiger partial charge is 0.496 e. The van der Waals surface area contributed by atoms with Gasteiger partial charge in [-0.05, 0) is 92.3 Å². The van der Waals surface area contributed by atoms with Crippen LogP contribution < -0.4 is 14.2 Å². The average molecular weight is 889 g/mol. The van der Waals surface area contributed by atoms with Gasteiger partial charge in [-0.2, -0.15) is 0 Å². The van der Waals surface area contributed by atoms with E-state index in [0.717, 1.165) is 68.1 Å². The molecule has 0 unspecified atom stereocenters. The van der Waals surface area contributed by atoms with Gasteiger partial charge in [-0.1, -0.05) is 102 Å². The maximum absolute atomic E-state index is 14.5. The topological polar surface area (TPSA) is 146 Å². The Balaban J connectivity index is 1.57. The Morgan fingerprint density at radius 2 is 1.58 bits per heavy atom. The molecule has 0 aromatic heterocycles. The first kappa shape index (κ1) is 50.6. The van der Waals surface area contributed by atoms with E-state index in [1.165, 1.54) is 52.1 Å². The van der Waals surface area contributed by atoms with Crippen molar-refractivity contribution in [3.63, 3.8) is 0 Å². The fraction of sp³-hybridized carbons (Fsp3) is 0.635. The summed E-state index contributed by atoms with van der Waals surface area (Å²) in [7, 11) is 3.07. The lowest BCUT2D eigenvalue weighted by atomic mass is 9.55. The summed E-state index contributed by atoms with van der Waals surface area (Å²) in [6.07, 6.45) is 21.8. The summed E-state index contributed by atoms with van der Waals surface area (Å²) in [6.45, 7) is 9.43. The van der Waals surface area contributed by atoms with Gasteiger partial charge in [0.2, 0.25) is 5.79 Å². The first-order valence-electron chi connectivity index (χ1n) is 24.2. The van der Waals surface area contributed by atoms with Gasteiger partial charge in [0.05, 0.1) is 37.5 Å². The van der Waals surface area contributed by atoms with Crippen molar-refractivity contribution in [1.29, 1.82) is 0 Å². The van der Waals surface area contributed by atoms with Gasteiger partial charge in [0, 0.05) is 37.7 Å². The van der Waals surface area contributed by atoms with Gasteiger partial charge in [-0.3, -0.25) is 9.69 Å². The van der Waals surface area contributed by atoms with Crippen molar-refractivity contribution >= 4 is 18.1 Å². The molecule has 1 fully saturated rings.